The summed E-state index contributed by atoms with van der Waals surface area (Å²) in [7, 11) is 0. The van der Waals surface area contributed by atoms with Gasteiger partial charge in [0.05, 0.1) is 0 Å². The quantitative estimate of drug-likeness (QED) is 0.748. The average Bonchev–Trinajstić information content (AvgIpc) is 2.45. The Labute approximate surface area is 120 Å². The number of ketones is 1. The number of ether oxygens (including phenoxy) is 1. The molecule has 0 aliphatic rings. The predicted molar refractivity (Wildman–Crippen MR) is 81.3 cm³/mol. The van der Waals surface area contributed by atoms with Crippen molar-refractivity contribution in [2.45, 2.75) is 33.8 Å². The largest absolute Gasteiger partial charge is 0.489 e. The van der Waals surface area contributed by atoms with Crippen LogP contribution < -0.4 is 4.74 Å². The highest BCUT2D eigenvalue weighted by Gasteiger charge is 2.07. The van der Waals surface area contributed by atoms with E-state index in [-0.39, 0.29) is 5.78 Å². The molecule has 0 radical (unpaired) electrons. The van der Waals surface area contributed by atoms with Gasteiger partial charge in [0, 0.05) is 12.0 Å². The lowest BCUT2D eigenvalue weighted by atomic mass is 10.1. The summed E-state index contributed by atoms with van der Waals surface area (Å²) >= 11 is 0. The van der Waals surface area contributed by atoms with Crippen LogP contribution in [0, 0.1) is 13.8 Å². The van der Waals surface area contributed by atoms with E-state index in [0.717, 1.165) is 22.4 Å². The number of aryl methyl sites for hydroxylation is 2. The maximum atomic E-state index is 11.8. The topological polar surface area (TPSA) is 26.3 Å². The second-order valence-corrected chi connectivity index (χ2v) is 5.03. The van der Waals surface area contributed by atoms with Crippen molar-refractivity contribution in [2.24, 2.45) is 0 Å². The molecule has 0 spiro atoms. The predicted octanol–water partition coefficient (Wildman–Crippen LogP) is 4.48. The first-order valence-electron chi connectivity index (χ1n) is 6.92. The van der Waals surface area contributed by atoms with Crippen molar-refractivity contribution in [2.75, 3.05) is 0 Å². The fraction of sp³-hybridized carbons (Fsp3) is 0.278. The van der Waals surface area contributed by atoms with Crippen LogP contribution in [0.15, 0.2) is 42.5 Å². The number of rotatable bonds is 5. The Morgan fingerprint density at radius 2 is 1.85 bits per heavy atom. The molecule has 2 heteroatoms. The van der Waals surface area contributed by atoms with Crippen LogP contribution in [0.3, 0.4) is 0 Å². The monoisotopic (exact) mass is 268 g/mol. The van der Waals surface area contributed by atoms with Gasteiger partial charge in [-0.1, -0.05) is 31.2 Å². The number of carbonyl (C=O) groups excluding carboxylic acids is 1. The van der Waals surface area contributed by atoms with Gasteiger partial charge in [-0.2, -0.15) is 0 Å². The van der Waals surface area contributed by atoms with Crippen LogP contribution in [0.25, 0.3) is 0 Å². The van der Waals surface area contributed by atoms with Crippen LogP contribution in [0.1, 0.15) is 40.4 Å². The third-order valence-electron chi connectivity index (χ3n) is 3.35. The minimum absolute atomic E-state index is 0.148. The van der Waals surface area contributed by atoms with Gasteiger partial charge in [0.15, 0.2) is 5.78 Å². The summed E-state index contributed by atoms with van der Waals surface area (Å²) in [6, 6.07) is 13.9. The number of benzene rings is 2. The van der Waals surface area contributed by atoms with E-state index in [4.69, 9.17) is 4.74 Å². The Bertz CT molecular complexity index is 615. The summed E-state index contributed by atoms with van der Waals surface area (Å²) in [6.45, 7) is 6.45. The normalized spacial score (nSPS) is 10.3. The molecule has 0 saturated carbocycles. The molecular formula is C18H20O2. The van der Waals surface area contributed by atoms with Crippen LogP contribution in [0.5, 0.6) is 5.75 Å². The van der Waals surface area contributed by atoms with Crippen molar-refractivity contribution >= 4 is 5.78 Å². The summed E-state index contributed by atoms with van der Waals surface area (Å²) in [5.74, 6) is 0.902. The molecule has 0 aliphatic heterocycles. The minimum Gasteiger partial charge on any atom is -0.489 e. The molecule has 2 rings (SSSR count). The molecule has 0 amide bonds. The Morgan fingerprint density at radius 1 is 1.10 bits per heavy atom. The van der Waals surface area contributed by atoms with Gasteiger partial charge >= 0.3 is 0 Å². The fourth-order valence-electron chi connectivity index (χ4n) is 2.13. The van der Waals surface area contributed by atoms with E-state index in [2.05, 4.69) is 19.1 Å². The van der Waals surface area contributed by atoms with E-state index in [1.807, 2.05) is 44.2 Å². The van der Waals surface area contributed by atoms with Crippen molar-refractivity contribution in [1.29, 1.82) is 0 Å². The third-order valence-corrected chi connectivity index (χ3v) is 3.35. The van der Waals surface area contributed by atoms with Crippen LogP contribution in [-0.4, -0.2) is 5.78 Å². The molecule has 0 unspecified atom stereocenters. The zero-order valence-electron chi connectivity index (χ0n) is 12.3. The maximum Gasteiger partial charge on any atom is 0.162 e. The molecule has 0 N–H and O–H groups in total. The molecule has 2 aromatic carbocycles. The molecule has 0 fully saturated rings. The summed E-state index contributed by atoms with van der Waals surface area (Å²) in [5.41, 5.74) is 4.15. The molecule has 0 bridgehead atoms. The second kappa shape index (κ2) is 6.38. The van der Waals surface area contributed by atoms with Gasteiger partial charge < -0.3 is 4.74 Å². The molecule has 2 nitrogen and oxygen atoms in total. The SMILES string of the molecule is CCC(=O)c1cc(C)cc(OCc2ccccc2C)c1. The molecule has 0 heterocycles. The molecule has 104 valence electrons. The van der Waals surface area contributed by atoms with Gasteiger partial charge in [-0.15, -0.1) is 0 Å². The summed E-state index contributed by atoms with van der Waals surface area (Å²) in [5, 5.41) is 0. The lowest BCUT2D eigenvalue weighted by Gasteiger charge is -2.10. The van der Waals surface area contributed by atoms with Crippen LogP contribution in [0.2, 0.25) is 0 Å². The smallest absolute Gasteiger partial charge is 0.162 e. The Morgan fingerprint density at radius 3 is 2.55 bits per heavy atom. The Balaban J connectivity index is 2.16. The van der Waals surface area contributed by atoms with Crippen LogP contribution >= 0.6 is 0 Å². The summed E-state index contributed by atoms with van der Waals surface area (Å²) in [4.78, 5) is 11.8. The van der Waals surface area contributed by atoms with E-state index in [1.165, 1.54) is 5.56 Å². The van der Waals surface area contributed by atoms with Gasteiger partial charge in [-0.25, -0.2) is 0 Å². The van der Waals surface area contributed by atoms with Crippen molar-refractivity contribution in [1.82, 2.24) is 0 Å². The van der Waals surface area contributed by atoms with E-state index >= 15 is 0 Å². The standard InChI is InChI=1S/C18H20O2/c1-4-18(19)16-9-13(2)10-17(11-16)20-12-15-8-6-5-7-14(15)3/h5-11H,4,12H2,1-3H3. The lowest BCUT2D eigenvalue weighted by Crippen LogP contribution is -2.01. The fourth-order valence-corrected chi connectivity index (χ4v) is 2.13. The Hall–Kier alpha value is -2.09. The van der Waals surface area contributed by atoms with Crippen molar-refractivity contribution < 1.29 is 9.53 Å². The highest BCUT2D eigenvalue weighted by Crippen LogP contribution is 2.20. The van der Waals surface area contributed by atoms with Crippen molar-refractivity contribution in [3.63, 3.8) is 0 Å². The lowest BCUT2D eigenvalue weighted by molar-refractivity contribution is 0.0987. The molecule has 0 aliphatic carbocycles. The first-order chi connectivity index (χ1) is 9.60. The van der Waals surface area contributed by atoms with Gasteiger partial charge in [0.2, 0.25) is 0 Å². The summed E-state index contributed by atoms with van der Waals surface area (Å²) < 4.78 is 5.84. The zero-order chi connectivity index (χ0) is 14.5. The van der Waals surface area contributed by atoms with Crippen LogP contribution in [0.4, 0.5) is 0 Å². The molecular weight excluding hydrogens is 248 g/mol. The highest BCUT2D eigenvalue weighted by molar-refractivity contribution is 5.96. The van der Waals surface area contributed by atoms with Gasteiger partial charge in [-0.3, -0.25) is 4.79 Å². The van der Waals surface area contributed by atoms with Gasteiger partial charge in [0.1, 0.15) is 12.4 Å². The van der Waals surface area contributed by atoms with Crippen molar-refractivity contribution in [3.8, 4) is 5.75 Å². The minimum atomic E-state index is 0.148. The highest BCUT2D eigenvalue weighted by atomic mass is 16.5. The molecule has 0 atom stereocenters. The molecule has 2 aromatic rings. The van der Waals surface area contributed by atoms with E-state index in [9.17, 15) is 4.79 Å². The number of hydrogen-bond donors (Lipinski definition) is 0. The zero-order valence-corrected chi connectivity index (χ0v) is 12.3. The van der Waals surface area contributed by atoms with E-state index in [0.29, 0.717) is 13.0 Å². The number of Topliss-reactive ketones (excluding diaryl/α,β-unsaturated/α-hetero) is 1. The maximum absolute atomic E-state index is 11.8. The van der Waals surface area contributed by atoms with Crippen LogP contribution in [-0.2, 0) is 6.61 Å². The number of carbonyl (C=O) groups is 1. The second-order valence-electron chi connectivity index (χ2n) is 5.03. The molecule has 0 saturated heterocycles. The first-order valence-corrected chi connectivity index (χ1v) is 6.92. The van der Waals surface area contributed by atoms with E-state index < -0.39 is 0 Å². The summed E-state index contributed by atoms with van der Waals surface area (Å²) in [6.07, 6.45) is 0.515. The van der Waals surface area contributed by atoms with Gasteiger partial charge in [-0.05, 0) is 48.7 Å². The average molecular weight is 268 g/mol. The Kier molecular flexibility index (Phi) is 4.57. The van der Waals surface area contributed by atoms with Crippen molar-refractivity contribution in [3.05, 3.63) is 64.7 Å². The van der Waals surface area contributed by atoms with E-state index in [1.54, 1.807) is 0 Å². The third kappa shape index (κ3) is 3.47. The van der Waals surface area contributed by atoms with Gasteiger partial charge in [0.25, 0.3) is 0 Å². The molecule has 20 heavy (non-hydrogen) atoms. The first kappa shape index (κ1) is 14.3. The number of hydrogen-bond acceptors (Lipinski definition) is 2. The molecule has 0 aromatic heterocycles.